The van der Waals surface area contributed by atoms with Crippen LogP contribution < -0.4 is 10.1 Å². The number of nitrogens with one attached hydrogen (secondary N) is 1. The van der Waals surface area contributed by atoms with Gasteiger partial charge in [0.15, 0.2) is 11.5 Å². The van der Waals surface area contributed by atoms with Gasteiger partial charge >= 0.3 is 0 Å². The van der Waals surface area contributed by atoms with Crippen LogP contribution in [0, 0.1) is 0 Å². The minimum absolute atomic E-state index is 0.0281. The maximum atomic E-state index is 12.1. The zero-order valence-electron chi connectivity index (χ0n) is 18.0. The Kier molecular flexibility index (Phi) is 7.03. The van der Waals surface area contributed by atoms with E-state index in [2.05, 4.69) is 25.0 Å². The van der Waals surface area contributed by atoms with E-state index in [4.69, 9.17) is 9.47 Å². The van der Waals surface area contributed by atoms with Crippen molar-refractivity contribution in [2.75, 3.05) is 32.8 Å². The first-order valence-electron chi connectivity index (χ1n) is 11.1. The fourth-order valence-corrected chi connectivity index (χ4v) is 4.15. The van der Waals surface area contributed by atoms with Crippen LogP contribution in [0.5, 0.6) is 11.5 Å². The Morgan fingerprint density at radius 1 is 1.32 bits per heavy atom. The molecule has 3 heterocycles. The lowest BCUT2D eigenvalue weighted by molar-refractivity contribution is -0.130. The average Bonchev–Trinajstić information content (AvgIpc) is 3.39. The quantitative estimate of drug-likeness (QED) is 0.652. The molecule has 0 spiro atoms. The van der Waals surface area contributed by atoms with Crippen molar-refractivity contribution in [1.29, 1.82) is 0 Å². The first kappa shape index (κ1) is 21.6. The van der Waals surface area contributed by atoms with Crippen LogP contribution in [0.1, 0.15) is 37.0 Å². The molecule has 2 aromatic rings. The number of benzene rings is 1. The lowest BCUT2D eigenvalue weighted by Gasteiger charge is -2.20. The topological polar surface area (TPSA) is 102 Å². The van der Waals surface area contributed by atoms with Gasteiger partial charge in [0.05, 0.1) is 6.61 Å². The van der Waals surface area contributed by atoms with Gasteiger partial charge in [-0.3, -0.25) is 9.69 Å². The molecule has 0 aliphatic carbocycles. The highest BCUT2D eigenvalue weighted by molar-refractivity contribution is 5.80. The number of aromatic nitrogens is 3. The van der Waals surface area contributed by atoms with Crippen molar-refractivity contribution >= 4 is 5.91 Å². The molecule has 0 unspecified atom stereocenters. The molecule has 31 heavy (non-hydrogen) atoms. The molecule has 9 heteroatoms. The second-order valence-electron chi connectivity index (χ2n) is 7.99. The number of aromatic hydroxyl groups is 1. The van der Waals surface area contributed by atoms with E-state index in [-0.39, 0.29) is 17.8 Å². The number of rotatable bonds is 8. The van der Waals surface area contributed by atoms with Gasteiger partial charge in [-0.2, -0.15) is 0 Å². The third-order valence-corrected chi connectivity index (χ3v) is 5.80. The highest BCUT2D eigenvalue weighted by Gasteiger charge is 2.24. The molecule has 1 amide bonds. The van der Waals surface area contributed by atoms with Crippen molar-refractivity contribution < 1.29 is 19.4 Å². The van der Waals surface area contributed by atoms with E-state index >= 15 is 0 Å². The molecule has 2 aliphatic rings. The molecule has 1 fully saturated rings. The van der Waals surface area contributed by atoms with Gasteiger partial charge in [0.1, 0.15) is 17.8 Å². The summed E-state index contributed by atoms with van der Waals surface area (Å²) in [5.74, 6) is 2.57. The molecule has 2 aliphatic heterocycles. The van der Waals surface area contributed by atoms with Gasteiger partial charge in [-0.05, 0) is 37.5 Å². The molecule has 0 saturated carbocycles. The third kappa shape index (κ3) is 5.34. The summed E-state index contributed by atoms with van der Waals surface area (Å²) in [4.78, 5) is 14.5. The molecular weight excluding hydrogens is 398 g/mol. The lowest BCUT2D eigenvalue weighted by atomic mass is 10.2. The predicted molar refractivity (Wildman–Crippen MR) is 114 cm³/mol. The van der Waals surface area contributed by atoms with E-state index in [0.717, 1.165) is 62.7 Å². The molecule has 0 bridgehead atoms. The highest BCUT2D eigenvalue weighted by Crippen LogP contribution is 2.27. The van der Waals surface area contributed by atoms with E-state index in [1.807, 2.05) is 19.1 Å². The van der Waals surface area contributed by atoms with Crippen LogP contribution in [0.25, 0.3) is 0 Å². The van der Waals surface area contributed by atoms with Crippen LogP contribution in [0.15, 0.2) is 18.2 Å². The monoisotopic (exact) mass is 429 g/mol. The molecule has 1 aromatic carbocycles. The summed E-state index contributed by atoms with van der Waals surface area (Å²) in [6, 6.07) is 5.53. The number of phenols is 1. The van der Waals surface area contributed by atoms with Crippen molar-refractivity contribution in [2.45, 2.75) is 51.8 Å². The summed E-state index contributed by atoms with van der Waals surface area (Å²) >= 11 is 0. The molecule has 4 rings (SSSR count). The minimum Gasteiger partial charge on any atom is -0.504 e. The zero-order valence-corrected chi connectivity index (χ0v) is 18.0. The van der Waals surface area contributed by atoms with Crippen LogP contribution in [-0.2, 0) is 35.5 Å². The maximum Gasteiger partial charge on any atom is 0.249 e. The molecule has 9 nitrogen and oxygen atoms in total. The summed E-state index contributed by atoms with van der Waals surface area (Å²) in [7, 11) is 0. The van der Waals surface area contributed by atoms with Crippen molar-refractivity contribution in [3.63, 3.8) is 0 Å². The number of amides is 1. The number of hydrogen-bond donors (Lipinski definition) is 2. The Hall–Kier alpha value is -2.65. The molecule has 1 atom stereocenters. The number of hydrogen-bond acceptors (Lipinski definition) is 7. The summed E-state index contributed by atoms with van der Waals surface area (Å²) < 4.78 is 13.1. The van der Waals surface area contributed by atoms with Crippen molar-refractivity contribution in [3.8, 4) is 11.5 Å². The normalized spacial score (nSPS) is 19.1. The molecule has 1 aromatic heterocycles. The Labute approximate surface area is 182 Å². The van der Waals surface area contributed by atoms with E-state index in [9.17, 15) is 9.90 Å². The summed E-state index contributed by atoms with van der Waals surface area (Å²) in [6.45, 7) is 6.99. The van der Waals surface area contributed by atoms with Gasteiger partial charge in [-0.1, -0.05) is 6.07 Å². The SMILES string of the molecule is CCOc1cc(CN2CCc3nnc(CCNC(=O)[C@@H]4CCCO4)n3CC2)ccc1O. The predicted octanol–water partition coefficient (Wildman–Crippen LogP) is 1.28. The first-order chi connectivity index (χ1) is 15.1. The second-order valence-corrected chi connectivity index (χ2v) is 7.99. The summed E-state index contributed by atoms with van der Waals surface area (Å²) in [5.41, 5.74) is 1.11. The Morgan fingerprint density at radius 2 is 2.23 bits per heavy atom. The summed E-state index contributed by atoms with van der Waals surface area (Å²) in [5, 5.41) is 21.6. The number of ether oxygens (including phenoxy) is 2. The number of nitrogens with zero attached hydrogens (tertiary/aromatic N) is 4. The maximum absolute atomic E-state index is 12.1. The number of phenolic OH excluding ortho intramolecular Hbond substituents is 1. The molecule has 2 N–H and O–H groups in total. The summed E-state index contributed by atoms with van der Waals surface area (Å²) in [6.07, 6.45) is 2.93. The van der Waals surface area contributed by atoms with E-state index in [0.29, 0.717) is 31.9 Å². The number of carbonyl (C=O) groups is 1. The molecule has 168 valence electrons. The van der Waals surface area contributed by atoms with E-state index in [1.165, 1.54) is 0 Å². The first-order valence-corrected chi connectivity index (χ1v) is 11.1. The molecular formula is C22H31N5O4. The van der Waals surface area contributed by atoms with Gasteiger partial charge in [0.25, 0.3) is 0 Å². The third-order valence-electron chi connectivity index (χ3n) is 5.80. The fourth-order valence-electron chi connectivity index (χ4n) is 4.15. The zero-order chi connectivity index (χ0) is 21.6. The minimum atomic E-state index is -0.299. The van der Waals surface area contributed by atoms with Gasteiger partial charge in [0, 0.05) is 52.2 Å². The van der Waals surface area contributed by atoms with E-state index in [1.54, 1.807) is 6.07 Å². The van der Waals surface area contributed by atoms with Crippen LogP contribution in [0.2, 0.25) is 0 Å². The standard InChI is InChI=1S/C22H31N5O4/c1-2-30-19-14-16(5-6-17(19)28)15-26-10-8-21-25-24-20(27(21)12-11-26)7-9-23-22(29)18-4-3-13-31-18/h5-6,14,18,28H,2-4,7-13,15H2,1H3,(H,23,29)/t18-/m0/s1. The van der Waals surface area contributed by atoms with Crippen molar-refractivity contribution in [1.82, 2.24) is 25.0 Å². The smallest absolute Gasteiger partial charge is 0.249 e. The number of carbonyl (C=O) groups excluding carboxylic acids is 1. The largest absolute Gasteiger partial charge is 0.504 e. The highest BCUT2D eigenvalue weighted by atomic mass is 16.5. The van der Waals surface area contributed by atoms with Gasteiger partial charge in [-0.15, -0.1) is 10.2 Å². The second kappa shape index (κ2) is 10.1. The average molecular weight is 430 g/mol. The van der Waals surface area contributed by atoms with Crippen molar-refractivity contribution in [3.05, 3.63) is 35.4 Å². The Bertz CT molecular complexity index is 894. The van der Waals surface area contributed by atoms with Crippen LogP contribution in [-0.4, -0.2) is 69.6 Å². The molecule has 0 radical (unpaired) electrons. The fraction of sp³-hybridized carbons (Fsp3) is 0.591. The Morgan fingerprint density at radius 3 is 3.03 bits per heavy atom. The number of fused-ring (bicyclic) bond motifs is 1. The van der Waals surface area contributed by atoms with Crippen molar-refractivity contribution in [2.24, 2.45) is 0 Å². The van der Waals surface area contributed by atoms with Gasteiger partial charge in [-0.25, -0.2) is 0 Å². The van der Waals surface area contributed by atoms with Crippen LogP contribution >= 0.6 is 0 Å². The molecule has 1 saturated heterocycles. The van der Waals surface area contributed by atoms with Crippen LogP contribution in [0.4, 0.5) is 0 Å². The van der Waals surface area contributed by atoms with Gasteiger partial charge < -0.3 is 24.5 Å². The van der Waals surface area contributed by atoms with Gasteiger partial charge in [0.2, 0.25) is 5.91 Å². The lowest BCUT2D eigenvalue weighted by Crippen LogP contribution is -2.35. The van der Waals surface area contributed by atoms with Crippen LogP contribution in [0.3, 0.4) is 0 Å². The van der Waals surface area contributed by atoms with E-state index < -0.39 is 0 Å². The Balaban J connectivity index is 1.30.